The predicted molar refractivity (Wildman–Crippen MR) is 111 cm³/mol. The molecule has 0 atom stereocenters. The van der Waals surface area contributed by atoms with E-state index >= 15 is 0 Å². The summed E-state index contributed by atoms with van der Waals surface area (Å²) in [6.07, 6.45) is 4.80. The van der Waals surface area contributed by atoms with Crippen LogP contribution < -0.4 is 4.90 Å². The second-order valence-corrected chi connectivity index (χ2v) is 8.52. The molecular formula is C21H21N5OS. The third-order valence-electron chi connectivity index (χ3n) is 5.70. The van der Waals surface area contributed by atoms with E-state index in [0.29, 0.717) is 0 Å². The van der Waals surface area contributed by atoms with Crippen LogP contribution in [0.25, 0.3) is 27.3 Å². The van der Waals surface area contributed by atoms with Crippen LogP contribution in [0, 0.1) is 0 Å². The lowest BCUT2D eigenvalue weighted by molar-refractivity contribution is 0.122. The lowest BCUT2D eigenvalue weighted by Crippen LogP contribution is -2.38. The Balaban J connectivity index is 1.64. The quantitative estimate of drug-likeness (QED) is 0.521. The molecule has 0 radical (unpaired) electrons. The van der Waals surface area contributed by atoms with Gasteiger partial charge in [0.1, 0.15) is 4.83 Å². The molecule has 0 amide bonds. The lowest BCUT2D eigenvalue weighted by Gasteiger charge is -2.27. The van der Waals surface area contributed by atoms with Crippen molar-refractivity contribution < 1.29 is 4.74 Å². The molecule has 4 heterocycles. The van der Waals surface area contributed by atoms with Crippen molar-refractivity contribution in [2.45, 2.75) is 25.7 Å². The average Bonchev–Trinajstić information content (AvgIpc) is 3.36. The van der Waals surface area contributed by atoms with Crippen molar-refractivity contribution in [1.82, 2.24) is 19.6 Å². The van der Waals surface area contributed by atoms with Crippen LogP contribution >= 0.6 is 11.3 Å². The minimum Gasteiger partial charge on any atom is -0.378 e. The summed E-state index contributed by atoms with van der Waals surface area (Å²) < 4.78 is 7.52. The van der Waals surface area contributed by atoms with Crippen LogP contribution in [-0.2, 0) is 17.6 Å². The number of nitrogens with zero attached hydrogens (tertiary/aromatic N) is 5. The van der Waals surface area contributed by atoms with Crippen LogP contribution in [0.5, 0.6) is 0 Å². The van der Waals surface area contributed by atoms with Gasteiger partial charge in [-0.25, -0.2) is 9.97 Å². The van der Waals surface area contributed by atoms with Crippen LogP contribution in [-0.4, -0.2) is 45.9 Å². The summed E-state index contributed by atoms with van der Waals surface area (Å²) in [6.45, 7) is 3.11. The fraction of sp³-hybridized carbons (Fsp3) is 0.381. The van der Waals surface area contributed by atoms with Gasteiger partial charge in [0.25, 0.3) is 0 Å². The molecule has 0 bridgehead atoms. The third kappa shape index (κ3) is 2.53. The molecule has 1 aliphatic heterocycles. The first-order valence-corrected chi connectivity index (χ1v) is 10.8. The van der Waals surface area contributed by atoms with Crippen LogP contribution in [0.15, 0.2) is 30.3 Å². The zero-order valence-corrected chi connectivity index (χ0v) is 16.4. The molecule has 2 aliphatic rings. The number of ether oxygens (including phenoxy) is 1. The molecular weight excluding hydrogens is 370 g/mol. The Morgan fingerprint density at radius 1 is 0.964 bits per heavy atom. The maximum atomic E-state index is 5.55. The normalized spacial score (nSPS) is 17.4. The van der Waals surface area contributed by atoms with Gasteiger partial charge in [-0.2, -0.15) is 4.52 Å². The van der Waals surface area contributed by atoms with Crippen molar-refractivity contribution in [3.63, 3.8) is 0 Å². The first-order valence-electron chi connectivity index (χ1n) is 9.97. The summed E-state index contributed by atoms with van der Waals surface area (Å²) in [6, 6.07) is 10.2. The number of morpholine rings is 1. The van der Waals surface area contributed by atoms with Crippen LogP contribution in [0.3, 0.4) is 0 Å². The molecule has 0 unspecified atom stereocenters. The van der Waals surface area contributed by atoms with Gasteiger partial charge in [-0.3, -0.25) is 0 Å². The Morgan fingerprint density at radius 3 is 2.64 bits per heavy atom. The summed E-state index contributed by atoms with van der Waals surface area (Å²) in [5.74, 6) is 1.65. The molecule has 7 heteroatoms. The van der Waals surface area contributed by atoms with Gasteiger partial charge in [0.15, 0.2) is 11.5 Å². The standard InChI is InChI=1S/C21H21N5OS/c1-2-6-14(7-3-1)18-22-19-17-15-8-4-5-9-16(15)28-20(17)23-21(26(19)24-18)25-10-12-27-13-11-25/h1-3,6-7H,4-5,8-13H2. The number of thiophene rings is 1. The molecule has 6 rings (SSSR count). The van der Waals surface area contributed by atoms with E-state index in [1.165, 1.54) is 28.7 Å². The number of hydrogen-bond donors (Lipinski definition) is 0. The Labute approximate surface area is 166 Å². The van der Waals surface area contributed by atoms with Gasteiger partial charge in [0, 0.05) is 23.5 Å². The summed E-state index contributed by atoms with van der Waals surface area (Å²) in [5.41, 5.74) is 3.44. The van der Waals surface area contributed by atoms with E-state index in [2.05, 4.69) is 17.0 Å². The maximum absolute atomic E-state index is 5.55. The Hall–Kier alpha value is -2.51. The molecule has 3 aromatic heterocycles. The highest BCUT2D eigenvalue weighted by Gasteiger charge is 2.25. The molecule has 0 saturated carbocycles. The van der Waals surface area contributed by atoms with Gasteiger partial charge >= 0.3 is 0 Å². The first kappa shape index (κ1) is 16.4. The van der Waals surface area contributed by atoms with Crippen molar-refractivity contribution >= 4 is 33.1 Å². The molecule has 1 fully saturated rings. The molecule has 1 saturated heterocycles. The largest absolute Gasteiger partial charge is 0.378 e. The SMILES string of the molecule is c1ccc(-c2nc3c4c5c(sc4nc(N4CCOCC4)n3n2)CCCC5)cc1. The molecule has 28 heavy (non-hydrogen) atoms. The van der Waals surface area contributed by atoms with Gasteiger partial charge < -0.3 is 9.64 Å². The van der Waals surface area contributed by atoms with Crippen molar-refractivity contribution in [3.05, 3.63) is 40.8 Å². The fourth-order valence-electron chi connectivity index (χ4n) is 4.29. The number of rotatable bonds is 2. The zero-order chi connectivity index (χ0) is 18.5. The van der Waals surface area contributed by atoms with Crippen LogP contribution in [0.1, 0.15) is 23.3 Å². The topological polar surface area (TPSA) is 55.5 Å². The highest BCUT2D eigenvalue weighted by atomic mass is 32.1. The van der Waals surface area contributed by atoms with E-state index in [1.54, 1.807) is 0 Å². The van der Waals surface area contributed by atoms with E-state index in [9.17, 15) is 0 Å². The zero-order valence-electron chi connectivity index (χ0n) is 15.6. The van der Waals surface area contributed by atoms with Gasteiger partial charge in [-0.15, -0.1) is 16.4 Å². The molecule has 1 aliphatic carbocycles. The Morgan fingerprint density at radius 2 is 1.79 bits per heavy atom. The molecule has 0 N–H and O–H groups in total. The summed E-state index contributed by atoms with van der Waals surface area (Å²) in [5, 5.41) is 6.12. The molecule has 4 aromatic rings. The summed E-state index contributed by atoms with van der Waals surface area (Å²) in [7, 11) is 0. The van der Waals surface area contributed by atoms with Gasteiger partial charge in [-0.05, 0) is 31.2 Å². The summed E-state index contributed by atoms with van der Waals surface area (Å²) >= 11 is 1.85. The van der Waals surface area contributed by atoms with E-state index in [1.807, 2.05) is 34.1 Å². The predicted octanol–water partition coefficient (Wildman–Crippen LogP) is 3.72. The second-order valence-electron chi connectivity index (χ2n) is 7.44. The summed E-state index contributed by atoms with van der Waals surface area (Å²) in [4.78, 5) is 15.0. The monoisotopic (exact) mass is 391 g/mol. The Kier molecular flexibility index (Phi) is 3.84. The van der Waals surface area contributed by atoms with Crippen molar-refractivity contribution in [2.24, 2.45) is 0 Å². The minimum absolute atomic E-state index is 0.725. The van der Waals surface area contributed by atoms with Gasteiger partial charge in [0.05, 0.1) is 18.6 Å². The van der Waals surface area contributed by atoms with Crippen molar-refractivity contribution in [2.75, 3.05) is 31.2 Å². The minimum atomic E-state index is 0.725. The lowest BCUT2D eigenvalue weighted by atomic mass is 9.97. The highest BCUT2D eigenvalue weighted by molar-refractivity contribution is 7.19. The van der Waals surface area contributed by atoms with Crippen molar-refractivity contribution in [3.8, 4) is 11.4 Å². The van der Waals surface area contributed by atoms with E-state index < -0.39 is 0 Å². The number of benzene rings is 1. The number of fused-ring (bicyclic) bond motifs is 5. The Bertz CT molecular complexity index is 1160. The fourth-order valence-corrected chi connectivity index (χ4v) is 5.54. The van der Waals surface area contributed by atoms with Crippen LogP contribution in [0.2, 0.25) is 0 Å². The van der Waals surface area contributed by atoms with Crippen molar-refractivity contribution in [1.29, 1.82) is 0 Å². The smallest absolute Gasteiger partial charge is 0.230 e. The highest BCUT2D eigenvalue weighted by Crippen LogP contribution is 2.39. The maximum Gasteiger partial charge on any atom is 0.230 e. The van der Waals surface area contributed by atoms with Gasteiger partial charge in [0.2, 0.25) is 5.95 Å². The third-order valence-corrected chi connectivity index (χ3v) is 6.89. The number of aryl methyl sites for hydroxylation is 2. The molecule has 6 nitrogen and oxygen atoms in total. The molecule has 0 spiro atoms. The van der Waals surface area contributed by atoms with E-state index in [0.717, 1.165) is 67.0 Å². The average molecular weight is 392 g/mol. The second kappa shape index (κ2) is 6.53. The molecule has 142 valence electrons. The van der Waals surface area contributed by atoms with E-state index in [4.69, 9.17) is 19.8 Å². The number of aromatic nitrogens is 4. The van der Waals surface area contributed by atoms with Gasteiger partial charge in [-0.1, -0.05) is 30.3 Å². The van der Waals surface area contributed by atoms with E-state index in [-0.39, 0.29) is 0 Å². The molecule has 1 aromatic carbocycles. The number of hydrogen-bond acceptors (Lipinski definition) is 6. The van der Waals surface area contributed by atoms with Crippen LogP contribution in [0.4, 0.5) is 5.95 Å². The first-order chi connectivity index (χ1) is 13.9. The number of anilines is 1.